The maximum Gasteiger partial charge on any atom is 0.506 e. The molecule has 0 aromatic rings. The second-order valence-corrected chi connectivity index (χ2v) is 2.16. The highest BCUT2D eigenvalue weighted by Gasteiger charge is 2.10. The largest absolute Gasteiger partial charge is 0.506 e. The highest BCUT2D eigenvalue weighted by molar-refractivity contribution is 5.56. The SMILES string of the molecule is CC(CCC(F)F)OC(=O)O. The normalized spacial score (nSPS) is 13.1. The van der Waals surface area contributed by atoms with Gasteiger partial charge in [-0.2, -0.15) is 0 Å². The maximum atomic E-state index is 11.5. The molecule has 0 aromatic heterocycles. The minimum Gasteiger partial charge on any atom is -0.450 e. The molecule has 0 fully saturated rings. The van der Waals surface area contributed by atoms with Crippen LogP contribution < -0.4 is 0 Å². The van der Waals surface area contributed by atoms with Gasteiger partial charge in [-0.1, -0.05) is 0 Å². The molecule has 0 aromatic carbocycles. The zero-order chi connectivity index (χ0) is 8.85. The van der Waals surface area contributed by atoms with Gasteiger partial charge in [0.2, 0.25) is 6.43 Å². The summed E-state index contributed by atoms with van der Waals surface area (Å²) in [7, 11) is 0. The van der Waals surface area contributed by atoms with Crippen molar-refractivity contribution >= 4 is 6.16 Å². The summed E-state index contributed by atoms with van der Waals surface area (Å²) in [4.78, 5) is 9.84. The molecule has 1 atom stereocenters. The molecule has 0 amide bonds. The molecule has 1 unspecified atom stereocenters. The van der Waals surface area contributed by atoms with Crippen molar-refractivity contribution in [2.45, 2.75) is 32.3 Å². The van der Waals surface area contributed by atoms with Gasteiger partial charge >= 0.3 is 6.16 Å². The summed E-state index contributed by atoms with van der Waals surface area (Å²) >= 11 is 0. The van der Waals surface area contributed by atoms with Gasteiger partial charge in [0.05, 0.1) is 0 Å². The van der Waals surface area contributed by atoms with E-state index in [1.807, 2.05) is 0 Å². The van der Waals surface area contributed by atoms with Gasteiger partial charge in [0, 0.05) is 6.42 Å². The first-order valence-electron chi connectivity index (χ1n) is 3.20. The smallest absolute Gasteiger partial charge is 0.450 e. The predicted octanol–water partition coefficient (Wildman–Crippen LogP) is 2.11. The van der Waals surface area contributed by atoms with Crippen molar-refractivity contribution in [1.29, 1.82) is 0 Å². The highest BCUT2D eigenvalue weighted by atomic mass is 19.3. The van der Waals surface area contributed by atoms with Gasteiger partial charge < -0.3 is 9.84 Å². The lowest BCUT2D eigenvalue weighted by atomic mass is 10.2. The van der Waals surface area contributed by atoms with E-state index in [0.29, 0.717) is 0 Å². The van der Waals surface area contributed by atoms with Gasteiger partial charge in [0.15, 0.2) is 0 Å². The van der Waals surface area contributed by atoms with E-state index in [1.54, 1.807) is 0 Å². The lowest BCUT2D eigenvalue weighted by Gasteiger charge is -2.08. The van der Waals surface area contributed by atoms with Crippen molar-refractivity contribution in [2.75, 3.05) is 0 Å². The number of carbonyl (C=O) groups is 1. The van der Waals surface area contributed by atoms with E-state index in [1.165, 1.54) is 6.92 Å². The Balaban J connectivity index is 3.37. The van der Waals surface area contributed by atoms with Crippen LogP contribution in [0.3, 0.4) is 0 Å². The molecule has 11 heavy (non-hydrogen) atoms. The number of alkyl halides is 2. The molecule has 0 heterocycles. The third-order valence-corrected chi connectivity index (χ3v) is 1.09. The van der Waals surface area contributed by atoms with Crippen LogP contribution in [-0.2, 0) is 4.74 Å². The fourth-order valence-corrected chi connectivity index (χ4v) is 0.592. The molecular weight excluding hydrogens is 158 g/mol. The van der Waals surface area contributed by atoms with Crippen LogP contribution in [0.15, 0.2) is 0 Å². The van der Waals surface area contributed by atoms with Crippen molar-refractivity contribution in [3.63, 3.8) is 0 Å². The Morgan fingerprint density at radius 2 is 2.09 bits per heavy atom. The van der Waals surface area contributed by atoms with E-state index in [2.05, 4.69) is 4.74 Å². The molecule has 0 aliphatic rings. The molecule has 0 saturated carbocycles. The second kappa shape index (κ2) is 4.87. The van der Waals surface area contributed by atoms with Crippen LogP contribution in [-0.4, -0.2) is 23.8 Å². The molecule has 0 spiro atoms. The predicted molar refractivity (Wildman–Crippen MR) is 33.8 cm³/mol. The van der Waals surface area contributed by atoms with Crippen molar-refractivity contribution in [2.24, 2.45) is 0 Å². The Morgan fingerprint density at radius 1 is 1.55 bits per heavy atom. The Labute approximate surface area is 63.0 Å². The fraction of sp³-hybridized carbons (Fsp3) is 0.833. The minimum absolute atomic E-state index is 0.0595. The van der Waals surface area contributed by atoms with E-state index in [9.17, 15) is 13.6 Å². The van der Waals surface area contributed by atoms with E-state index in [0.717, 1.165) is 0 Å². The third kappa shape index (κ3) is 7.02. The minimum atomic E-state index is -2.39. The number of carboxylic acid groups (broad SMARTS) is 1. The van der Waals surface area contributed by atoms with E-state index < -0.39 is 18.7 Å². The summed E-state index contributed by atoms with van der Waals surface area (Å²) in [6.45, 7) is 1.44. The van der Waals surface area contributed by atoms with Crippen LogP contribution >= 0.6 is 0 Å². The topological polar surface area (TPSA) is 46.5 Å². The maximum absolute atomic E-state index is 11.5. The van der Waals surface area contributed by atoms with E-state index in [-0.39, 0.29) is 12.8 Å². The van der Waals surface area contributed by atoms with Crippen molar-refractivity contribution < 1.29 is 23.4 Å². The lowest BCUT2D eigenvalue weighted by Crippen LogP contribution is -2.13. The van der Waals surface area contributed by atoms with Gasteiger partial charge in [-0.25, -0.2) is 13.6 Å². The molecule has 5 heteroatoms. The highest BCUT2D eigenvalue weighted by Crippen LogP contribution is 2.08. The standard InChI is InChI=1S/C6H10F2O3/c1-4(11-6(9)10)2-3-5(7)8/h4-5H,2-3H2,1H3,(H,9,10). The van der Waals surface area contributed by atoms with Crippen molar-refractivity contribution in [3.05, 3.63) is 0 Å². The summed E-state index contributed by atoms with van der Waals surface area (Å²) in [5, 5.41) is 8.04. The van der Waals surface area contributed by atoms with E-state index in [4.69, 9.17) is 5.11 Å². The molecule has 0 rings (SSSR count). The van der Waals surface area contributed by atoms with Gasteiger partial charge in [0.1, 0.15) is 6.10 Å². The van der Waals surface area contributed by atoms with Crippen LogP contribution in [0.2, 0.25) is 0 Å². The first-order valence-corrected chi connectivity index (χ1v) is 3.20. The van der Waals surface area contributed by atoms with Gasteiger partial charge in [0.25, 0.3) is 0 Å². The molecular formula is C6H10F2O3. The summed E-state index contributed by atoms with van der Waals surface area (Å²) in [5.74, 6) is 0. The monoisotopic (exact) mass is 168 g/mol. The van der Waals surface area contributed by atoms with Crippen LogP contribution in [0.5, 0.6) is 0 Å². The number of hydrogen-bond acceptors (Lipinski definition) is 2. The molecule has 0 saturated heterocycles. The quantitative estimate of drug-likeness (QED) is 0.654. The summed E-state index contributed by atoms with van der Waals surface area (Å²) in [6.07, 6.45) is -4.73. The first-order chi connectivity index (χ1) is 5.02. The zero-order valence-electron chi connectivity index (χ0n) is 6.09. The van der Waals surface area contributed by atoms with Gasteiger partial charge in [-0.05, 0) is 13.3 Å². The number of hydrogen-bond donors (Lipinski definition) is 1. The fourth-order valence-electron chi connectivity index (χ4n) is 0.592. The summed E-state index contributed by atoms with van der Waals surface area (Å²) in [6, 6.07) is 0. The molecule has 1 N–H and O–H groups in total. The molecule has 3 nitrogen and oxygen atoms in total. The summed E-state index contributed by atoms with van der Waals surface area (Å²) in [5.41, 5.74) is 0. The van der Waals surface area contributed by atoms with E-state index >= 15 is 0 Å². The number of ether oxygens (including phenoxy) is 1. The Morgan fingerprint density at radius 3 is 2.45 bits per heavy atom. The third-order valence-electron chi connectivity index (χ3n) is 1.09. The first kappa shape index (κ1) is 10.1. The van der Waals surface area contributed by atoms with Crippen LogP contribution in [0.25, 0.3) is 0 Å². The van der Waals surface area contributed by atoms with Crippen LogP contribution in [0.1, 0.15) is 19.8 Å². The van der Waals surface area contributed by atoms with Gasteiger partial charge in [-0.3, -0.25) is 0 Å². The molecule has 0 radical (unpaired) electrons. The average Bonchev–Trinajstić information content (AvgIpc) is 1.82. The Kier molecular flexibility index (Phi) is 4.49. The number of halogens is 2. The lowest BCUT2D eigenvalue weighted by molar-refractivity contribution is 0.0434. The molecule has 0 bridgehead atoms. The van der Waals surface area contributed by atoms with Gasteiger partial charge in [-0.15, -0.1) is 0 Å². The van der Waals surface area contributed by atoms with Crippen LogP contribution in [0, 0.1) is 0 Å². The Hall–Kier alpha value is -0.870. The van der Waals surface area contributed by atoms with Crippen molar-refractivity contribution in [3.8, 4) is 0 Å². The number of rotatable bonds is 4. The molecule has 66 valence electrons. The second-order valence-electron chi connectivity index (χ2n) is 2.16. The van der Waals surface area contributed by atoms with Crippen molar-refractivity contribution in [1.82, 2.24) is 0 Å². The summed E-state index contributed by atoms with van der Waals surface area (Å²) < 4.78 is 27.2. The van der Waals surface area contributed by atoms with Crippen LogP contribution in [0.4, 0.5) is 13.6 Å². The molecule has 0 aliphatic carbocycles. The molecule has 0 aliphatic heterocycles. The average molecular weight is 168 g/mol. The zero-order valence-corrected chi connectivity index (χ0v) is 6.09. The Bertz CT molecular complexity index is 127.